The highest BCUT2D eigenvalue weighted by Crippen LogP contribution is 2.25. The largest absolute Gasteiger partial charge is 0.394 e. The molecule has 0 bridgehead atoms. The van der Waals surface area contributed by atoms with E-state index in [4.69, 9.17) is 5.10 Å². The van der Waals surface area contributed by atoms with Gasteiger partial charge in [0.25, 0.3) is 11.8 Å². The zero-order chi connectivity index (χ0) is 25.3. The zero-order valence-electron chi connectivity index (χ0n) is 19.8. The summed E-state index contributed by atoms with van der Waals surface area (Å²) >= 11 is 0. The number of aliphatic hydroxyl groups excluding tert-OH is 1. The van der Waals surface area contributed by atoms with E-state index in [1.54, 1.807) is 53.6 Å². The molecule has 0 aliphatic rings. The highest BCUT2D eigenvalue weighted by molar-refractivity contribution is 6.05. The molecule has 0 radical (unpaired) electrons. The Kier molecular flexibility index (Phi) is 8.00. The van der Waals surface area contributed by atoms with Crippen LogP contribution >= 0.6 is 0 Å². The molecule has 182 valence electrons. The fraction of sp³-hybridized carbons (Fsp3) is 0.143. The van der Waals surface area contributed by atoms with E-state index in [9.17, 15) is 14.7 Å². The second kappa shape index (κ2) is 11.7. The Labute approximate surface area is 209 Å². The van der Waals surface area contributed by atoms with Gasteiger partial charge in [-0.1, -0.05) is 43.3 Å². The molecular weight excluding hydrogens is 454 g/mol. The number of para-hydroxylation sites is 1. The molecule has 1 atom stereocenters. The number of rotatable bonds is 9. The van der Waals surface area contributed by atoms with E-state index in [2.05, 4.69) is 15.6 Å². The van der Waals surface area contributed by atoms with Gasteiger partial charge in [-0.3, -0.25) is 14.6 Å². The van der Waals surface area contributed by atoms with Crippen LogP contribution in [0.3, 0.4) is 0 Å². The van der Waals surface area contributed by atoms with Crippen LogP contribution in [-0.4, -0.2) is 44.3 Å². The van der Waals surface area contributed by atoms with Gasteiger partial charge in [0.1, 0.15) is 11.4 Å². The Morgan fingerprint density at radius 1 is 1.03 bits per heavy atom. The van der Waals surface area contributed by atoms with Crippen LogP contribution in [0.4, 0.5) is 0 Å². The number of benzene rings is 2. The van der Waals surface area contributed by atoms with Crippen LogP contribution < -0.4 is 10.6 Å². The quantitative estimate of drug-likeness (QED) is 0.317. The van der Waals surface area contributed by atoms with Crippen LogP contribution in [0.15, 0.2) is 97.1 Å². The Morgan fingerprint density at radius 3 is 2.39 bits per heavy atom. The van der Waals surface area contributed by atoms with Crippen LogP contribution in [0.25, 0.3) is 23.0 Å². The van der Waals surface area contributed by atoms with Gasteiger partial charge in [-0.2, -0.15) is 5.10 Å². The van der Waals surface area contributed by atoms with E-state index in [-0.39, 0.29) is 12.3 Å². The lowest BCUT2D eigenvalue weighted by atomic mass is 10.1. The first-order valence-corrected chi connectivity index (χ1v) is 11.6. The summed E-state index contributed by atoms with van der Waals surface area (Å²) in [5.41, 5.74) is 3.26. The fourth-order valence-electron chi connectivity index (χ4n) is 3.57. The second-order valence-electron chi connectivity index (χ2n) is 8.09. The van der Waals surface area contributed by atoms with Crippen molar-refractivity contribution in [2.75, 3.05) is 6.61 Å². The Bertz CT molecular complexity index is 1330. The van der Waals surface area contributed by atoms with Crippen molar-refractivity contribution in [3.63, 3.8) is 0 Å². The van der Waals surface area contributed by atoms with E-state index in [0.29, 0.717) is 23.2 Å². The van der Waals surface area contributed by atoms with Gasteiger partial charge in [0.05, 0.1) is 18.3 Å². The van der Waals surface area contributed by atoms with Gasteiger partial charge in [0, 0.05) is 35.3 Å². The highest BCUT2D eigenvalue weighted by Gasteiger charge is 2.20. The van der Waals surface area contributed by atoms with E-state index < -0.39 is 17.9 Å². The first kappa shape index (κ1) is 24.6. The lowest BCUT2D eigenvalue weighted by Crippen LogP contribution is -2.41. The van der Waals surface area contributed by atoms with Crippen molar-refractivity contribution in [2.24, 2.45) is 0 Å². The van der Waals surface area contributed by atoms with Gasteiger partial charge in [0.15, 0.2) is 0 Å². The molecule has 1 unspecified atom stereocenters. The molecule has 2 heterocycles. The smallest absolute Gasteiger partial charge is 0.268 e. The molecule has 8 nitrogen and oxygen atoms in total. The van der Waals surface area contributed by atoms with Crippen molar-refractivity contribution < 1.29 is 14.7 Å². The summed E-state index contributed by atoms with van der Waals surface area (Å²) in [6.07, 6.45) is 7.29. The predicted octanol–water partition coefficient (Wildman–Crippen LogP) is 3.59. The number of aromatic nitrogens is 3. The summed E-state index contributed by atoms with van der Waals surface area (Å²) in [6.45, 7) is 1.65. The second-order valence-corrected chi connectivity index (χ2v) is 8.09. The lowest BCUT2D eigenvalue weighted by molar-refractivity contribution is -0.118. The molecule has 0 saturated carbocycles. The monoisotopic (exact) mass is 481 g/mol. The average molecular weight is 482 g/mol. The average Bonchev–Trinajstić information content (AvgIpc) is 3.36. The summed E-state index contributed by atoms with van der Waals surface area (Å²) in [4.78, 5) is 30.4. The van der Waals surface area contributed by atoms with Crippen LogP contribution in [0.2, 0.25) is 0 Å². The maximum Gasteiger partial charge on any atom is 0.268 e. The molecular formula is C28H27N5O3. The number of nitrogens with zero attached hydrogens (tertiary/aromatic N) is 3. The van der Waals surface area contributed by atoms with E-state index >= 15 is 0 Å². The standard InChI is InChI=1S/C28H27N5O3/c1-2-23(19-34)30-28(36)25(31-27(35)20-10-5-3-6-11-20)16-22-18-33(24-13-7-4-8-14-24)32-26(22)21-12-9-15-29-17-21/h3-18,23,34H,2,19H2,1H3,(H,30,36)(H,31,35). The maximum absolute atomic E-state index is 13.2. The van der Waals surface area contributed by atoms with E-state index in [0.717, 1.165) is 11.3 Å². The molecule has 0 spiro atoms. The first-order valence-electron chi connectivity index (χ1n) is 11.6. The third-order valence-corrected chi connectivity index (χ3v) is 5.58. The summed E-state index contributed by atoms with van der Waals surface area (Å²) < 4.78 is 1.71. The summed E-state index contributed by atoms with van der Waals surface area (Å²) in [5.74, 6) is -0.933. The molecule has 4 aromatic rings. The number of hydrogen-bond acceptors (Lipinski definition) is 5. The SMILES string of the molecule is CCC(CO)NC(=O)C(=Cc1cn(-c2ccccc2)nc1-c1cccnc1)NC(=O)c1ccccc1. The molecule has 2 amide bonds. The van der Waals surface area contributed by atoms with Crippen molar-refractivity contribution in [2.45, 2.75) is 19.4 Å². The molecule has 3 N–H and O–H groups in total. The van der Waals surface area contributed by atoms with Crippen LogP contribution in [-0.2, 0) is 4.79 Å². The summed E-state index contributed by atoms with van der Waals surface area (Å²) in [5, 5.41) is 19.8. The number of nitrogens with one attached hydrogen (secondary N) is 2. The highest BCUT2D eigenvalue weighted by atomic mass is 16.3. The number of carbonyl (C=O) groups excluding carboxylic acids is 2. The summed E-state index contributed by atoms with van der Waals surface area (Å²) in [7, 11) is 0. The minimum atomic E-state index is -0.509. The number of hydrogen-bond donors (Lipinski definition) is 3. The molecule has 0 aliphatic carbocycles. The van der Waals surface area contributed by atoms with Crippen molar-refractivity contribution in [1.82, 2.24) is 25.4 Å². The number of aliphatic hydroxyl groups is 1. The van der Waals surface area contributed by atoms with Gasteiger partial charge in [-0.25, -0.2) is 4.68 Å². The Morgan fingerprint density at radius 2 is 1.75 bits per heavy atom. The van der Waals surface area contributed by atoms with Gasteiger partial charge < -0.3 is 15.7 Å². The van der Waals surface area contributed by atoms with E-state index in [1.165, 1.54) is 0 Å². The number of pyridine rings is 1. The topological polar surface area (TPSA) is 109 Å². The number of carbonyl (C=O) groups is 2. The molecule has 2 aromatic heterocycles. The van der Waals surface area contributed by atoms with E-state index in [1.807, 2.05) is 55.5 Å². The molecule has 0 aliphatic heterocycles. The van der Waals surface area contributed by atoms with Crippen molar-refractivity contribution in [3.8, 4) is 16.9 Å². The first-order chi connectivity index (χ1) is 17.6. The molecule has 4 rings (SSSR count). The van der Waals surface area contributed by atoms with Gasteiger partial charge in [-0.15, -0.1) is 0 Å². The van der Waals surface area contributed by atoms with Crippen molar-refractivity contribution in [3.05, 3.63) is 108 Å². The summed E-state index contributed by atoms with van der Waals surface area (Å²) in [6, 6.07) is 21.5. The van der Waals surface area contributed by atoms with Gasteiger partial charge in [0.2, 0.25) is 0 Å². The van der Waals surface area contributed by atoms with Gasteiger partial charge >= 0.3 is 0 Å². The zero-order valence-corrected chi connectivity index (χ0v) is 19.8. The van der Waals surface area contributed by atoms with Crippen LogP contribution in [0.5, 0.6) is 0 Å². The van der Waals surface area contributed by atoms with Crippen molar-refractivity contribution in [1.29, 1.82) is 0 Å². The Balaban J connectivity index is 1.79. The van der Waals surface area contributed by atoms with Gasteiger partial charge in [-0.05, 0) is 48.9 Å². The molecule has 0 saturated heterocycles. The lowest BCUT2D eigenvalue weighted by Gasteiger charge is -2.16. The Hall–Kier alpha value is -4.56. The molecule has 0 fully saturated rings. The van der Waals surface area contributed by atoms with Crippen LogP contribution in [0, 0.1) is 0 Å². The van der Waals surface area contributed by atoms with Crippen molar-refractivity contribution >= 4 is 17.9 Å². The minimum Gasteiger partial charge on any atom is -0.394 e. The molecule has 36 heavy (non-hydrogen) atoms. The minimum absolute atomic E-state index is 0.0357. The van der Waals surface area contributed by atoms with Crippen LogP contribution in [0.1, 0.15) is 29.3 Å². The molecule has 2 aromatic carbocycles. The predicted molar refractivity (Wildman–Crippen MR) is 138 cm³/mol. The fourth-order valence-corrected chi connectivity index (χ4v) is 3.57. The normalized spacial score (nSPS) is 12.1. The molecule has 8 heteroatoms. The number of amides is 2. The third kappa shape index (κ3) is 5.92. The third-order valence-electron chi connectivity index (χ3n) is 5.58. The maximum atomic E-state index is 13.2.